The van der Waals surface area contributed by atoms with E-state index in [9.17, 15) is 9.59 Å². The van der Waals surface area contributed by atoms with Gasteiger partial charge in [-0.2, -0.15) is 0 Å². The molecule has 7 heteroatoms. The van der Waals surface area contributed by atoms with Gasteiger partial charge in [0.15, 0.2) is 0 Å². The van der Waals surface area contributed by atoms with Crippen LogP contribution in [0.15, 0.2) is 40.8 Å². The molecule has 1 aromatic heterocycles. The molecule has 0 saturated heterocycles. The summed E-state index contributed by atoms with van der Waals surface area (Å²) < 4.78 is 15.9. The van der Waals surface area contributed by atoms with Crippen LogP contribution in [0.1, 0.15) is 21.9 Å². The summed E-state index contributed by atoms with van der Waals surface area (Å²) in [6.45, 7) is 3.84. The average Bonchev–Trinajstić information content (AvgIpc) is 2.92. The largest absolute Gasteiger partial charge is 0.491 e. The Morgan fingerprint density at radius 3 is 2.50 bits per heavy atom. The molecule has 0 spiro atoms. The zero-order valence-corrected chi connectivity index (χ0v) is 13.6. The lowest BCUT2D eigenvalue weighted by Crippen LogP contribution is -2.43. The minimum Gasteiger partial charge on any atom is -0.491 e. The van der Waals surface area contributed by atoms with Gasteiger partial charge < -0.3 is 13.9 Å². The Morgan fingerprint density at radius 1 is 1.08 bits per heavy atom. The van der Waals surface area contributed by atoms with Gasteiger partial charge in [0.25, 0.3) is 11.8 Å². The van der Waals surface area contributed by atoms with E-state index in [1.54, 1.807) is 19.9 Å². The molecule has 0 atom stereocenters. The number of carbonyl (C=O) groups is 2. The molecule has 2 amide bonds. The number of furan rings is 1. The van der Waals surface area contributed by atoms with Gasteiger partial charge in [0, 0.05) is 0 Å². The van der Waals surface area contributed by atoms with E-state index in [1.807, 2.05) is 30.3 Å². The van der Waals surface area contributed by atoms with E-state index in [0.717, 1.165) is 5.75 Å². The topological polar surface area (TPSA) is 89.8 Å². The fourth-order valence-electron chi connectivity index (χ4n) is 1.99. The number of para-hydroxylation sites is 1. The summed E-state index contributed by atoms with van der Waals surface area (Å²) in [5, 5.41) is 0. The Kier molecular flexibility index (Phi) is 6.39. The van der Waals surface area contributed by atoms with Crippen LogP contribution >= 0.6 is 0 Å². The third-order valence-corrected chi connectivity index (χ3v) is 3.07. The highest BCUT2D eigenvalue weighted by Crippen LogP contribution is 2.12. The van der Waals surface area contributed by atoms with Crippen LogP contribution < -0.4 is 15.6 Å². The third-order valence-electron chi connectivity index (χ3n) is 3.07. The van der Waals surface area contributed by atoms with E-state index < -0.39 is 11.8 Å². The monoisotopic (exact) mass is 332 g/mol. The molecule has 2 N–H and O–H groups in total. The van der Waals surface area contributed by atoms with Crippen molar-refractivity contribution >= 4 is 11.8 Å². The summed E-state index contributed by atoms with van der Waals surface area (Å²) in [4.78, 5) is 23.5. The maximum Gasteiger partial charge on any atom is 0.273 e. The summed E-state index contributed by atoms with van der Waals surface area (Å²) in [7, 11) is 0. The highest BCUT2D eigenvalue weighted by molar-refractivity contribution is 5.96. The van der Waals surface area contributed by atoms with Crippen LogP contribution in [-0.2, 0) is 9.53 Å². The number of carbonyl (C=O) groups excluding carboxylic acids is 2. The smallest absolute Gasteiger partial charge is 0.273 e. The van der Waals surface area contributed by atoms with Crippen LogP contribution in [0.5, 0.6) is 5.75 Å². The highest BCUT2D eigenvalue weighted by atomic mass is 16.5. The molecule has 0 aliphatic carbocycles. The molecule has 0 radical (unpaired) electrons. The van der Waals surface area contributed by atoms with Gasteiger partial charge in [-0.1, -0.05) is 18.2 Å². The number of ether oxygens (including phenoxy) is 2. The van der Waals surface area contributed by atoms with Gasteiger partial charge in [-0.3, -0.25) is 20.4 Å². The number of hydrazine groups is 1. The van der Waals surface area contributed by atoms with Crippen LogP contribution in [0, 0.1) is 13.8 Å². The fraction of sp³-hybridized carbons (Fsp3) is 0.294. The van der Waals surface area contributed by atoms with Gasteiger partial charge in [0.2, 0.25) is 0 Å². The second kappa shape index (κ2) is 8.73. The van der Waals surface area contributed by atoms with Crippen LogP contribution in [0.3, 0.4) is 0 Å². The SMILES string of the molecule is Cc1cc(C(=O)NNC(=O)COCCOc2ccccc2)c(C)o1. The summed E-state index contributed by atoms with van der Waals surface area (Å²) in [5.41, 5.74) is 4.97. The quantitative estimate of drug-likeness (QED) is 0.595. The normalized spacial score (nSPS) is 10.2. The van der Waals surface area contributed by atoms with Gasteiger partial charge in [-0.05, 0) is 32.0 Å². The van der Waals surface area contributed by atoms with Gasteiger partial charge in [-0.15, -0.1) is 0 Å². The van der Waals surface area contributed by atoms with Crippen LogP contribution in [0.2, 0.25) is 0 Å². The molecular weight excluding hydrogens is 312 g/mol. The lowest BCUT2D eigenvalue weighted by molar-refractivity contribution is -0.126. The molecule has 0 saturated carbocycles. The average molecular weight is 332 g/mol. The van der Waals surface area contributed by atoms with Crippen molar-refractivity contribution in [1.82, 2.24) is 10.9 Å². The lowest BCUT2D eigenvalue weighted by Gasteiger charge is -2.08. The molecular formula is C17H20N2O5. The minimum atomic E-state index is -0.457. The first-order valence-electron chi connectivity index (χ1n) is 7.48. The van der Waals surface area contributed by atoms with Crippen LogP contribution in [0.4, 0.5) is 0 Å². The number of aryl methyl sites for hydroxylation is 2. The maximum absolute atomic E-state index is 11.9. The van der Waals surface area contributed by atoms with E-state index in [2.05, 4.69) is 10.9 Å². The van der Waals surface area contributed by atoms with E-state index in [1.165, 1.54) is 0 Å². The molecule has 128 valence electrons. The number of benzene rings is 1. The van der Waals surface area contributed by atoms with E-state index in [0.29, 0.717) is 23.7 Å². The Labute approximate surface area is 139 Å². The molecule has 24 heavy (non-hydrogen) atoms. The van der Waals surface area contributed by atoms with Crippen molar-refractivity contribution in [2.75, 3.05) is 19.8 Å². The Bertz CT molecular complexity index is 682. The fourth-order valence-corrected chi connectivity index (χ4v) is 1.99. The Morgan fingerprint density at radius 2 is 1.83 bits per heavy atom. The van der Waals surface area contributed by atoms with E-state index in [4.69, 9.17) is 13.9 Å². The first-order valence-corrected chi connectivity index (χ1v) is 7.48. The highest BCUT2D eigenvalue weighted by Gasteiger charge is 2.13. The van der Waals surface area contributed by atoms with Crippen molar-refractivity contribution in [3.8, 4) is 5.75 Å². The first kappa shape index (κ1) is 17.6. The van der Waals surface area contributed by atoms with Crippen molar-refractivity contribution in [3.63, 3.8) is 0 Å². The van der Waals surface area contributed by atoms with E-state index in [-0.39, 0.29) is 13.2 Å². The second-order valence-corrected chi connectivity index (χ2v) is 5.04. The molecule has 0 fully saturated rings. The van der Waals surface area contributed by atoms with Gasteiger partial charge in [0.1, 0.15) is 30.5 Å². The molecule has 0 aliphatic rings. The van der Waals surface area contributed by atoms with Crippen molar-refractivity contribution in [2.45, 2.75) is 13.8 Å². The predicted octanol–water partition coefficient (Wildman–Crippen LogP) is 1.75. The summed E-state index contributed by atoms with van der Waals surface area (Å²) >= 11 is 0. The van der Waals surface area contributed by atoms with Crippen molar-refractivity contribution in [3.05, 3.63) is 53.5 Å². The van der Waals surface area contributed by atoms with Gasteiger partial charge in [0.05, 0.1) is 12.2 Å². The zero-order chi connectivity index (χ0) is 17.4. The van der Waals surface area contributed by atoms with Gasteiger partial charge >= 0.3 is 0 Å². The van der Waals surface area contributed by atoms with E-state index >= 15 is 0 Å². The number of rotatable bonds is 7. The van der Waals surface area contributed by atoms with Crippen molar-refractivity contribution in [2.24, 2.45) is 0 Å². The zero-order valence-electron chi connectivity index (χ0n) is 13.6. The first-order chi connectivity index (χ1) is 11.6. The number of nitrogens with one attached hydrogen (secondary N) is 2. The molecule has 2 rings (SSSR count). The molecule has 1 aromatic carbocycles. The molecule has 7 nitrogen and oxygen atoms in total. The number of hydrogen-bond acceptors (Lipinski definition) is 5. The number of amides is 2. The molecule has 1 heterocycles. The maximum atomic E-state index is 11.9. The Balaban J connectivity index is 1.60. The summed E-state index contributed by atoms with van der Waals surface area (Å²) in [6.07, 6.45) is 0. The third kappa shape index (κ3) is 5.44. The van der Waals surface area contributed by atoms with Gasteiger partial charge in [-0.25, -0.2) is 0 Å². The Hall–Kier alpha value is -2.80. The molecule has 2 aromatic rings. The molecule has 0 unspecified atom stereocenters. The number of hydrogen-bond donors (Lipinski definition) is 2. The standard InChI is InChI=1S/C17H20N2O5/c1-12-10-15(13(2)24-12)17(21)19-18-16(20)11-22-8-9-23-14-6-4-3-5-7-14/h3-7,10H,8-9,11H2,1-2H3,(H,18,20)(H,19,21). The van der Waals surface area contributed by atoms with Crippen molar-refractivity contribution < 1.29 is 23.5 Å². The second-order valence-electron chi connectivity index (χ2n) is 5.04. The minimum absolute atomic E-state index is 0.179. The summed E-state index contributed by atoms with van der Waals surface area (Å²) in [6, 6.07) is 10.9. The van der Waals surface area contributed by atoms with Crippen molar-refractivity contribution in [1.29, 1.82) is 0 Å². The molecule has 0 aliphatic heterocycles. The lowest BCUT2D eigenvalue weighted by atomic mass is 10.2. The molecule has 0 bridgehead atoms. The van der Waals surface area contributed by atoms with Crippen LogP contribution in [0.25, 0.3) is 0 Å². The van der Waals surface area contributed by atoms with Crippen LogP contribution in [-0.4, -0.2) is 31.6 Å². The predicted molar refractivity (Wildman–Crippen MR) is 86.5 cm³/mol. The summed E-state index contributed by atoms with van der Waals surface area (Å²) in [5.74, 6) is 0.967.